The Morgan fingerprint density at radius 2 is 2.10 bits per heavy atom. The van der Waals surface area contributed by atoms with E-state index in [2.05, 4.69) is 9.97 Å². The number of aromatic nitrogens is 2. The Balaban J connectivity index is 1.39. The zero-order chi connectivity index (χ0) is 21.3. The molecule has 1 aromatic carbocycles. The molecular weight excluding hydrogens is 404 g/mol. The van der Waals surface area contributed by atoms with Crippen LogP contribution in [0.3, 0.4) is 0 Å². The zero-order valence-electron chi connectivity index (χ0n) is 16.3. The third-order valence-electron chi connectivity index (χ3n) is 5.22. The molecule has 0 saturated carbocycles. The lowest BCUT2D eigenvalue weighted by atomic mass is 10.1. The Morgan fingerprint density at radius 3 is 2.87 bits per heavy atom. The summed E-state index contributed by atoms with van der Waals surface area (Å²) >= 11 is 1.44. The van der Waals surface area contributed by atoms with Gasteiger partial charge in [-0.2, -0.15) is 0 Å². The first-order chi connectivity index (χ1) is 14.4. The predicted molar refractivity (Wildman–Crippen MR) is 112 cm³/mol. The molecule has 8 nitrogen and oxygen atoms in total. The third kappa shape index (κ3) is 4.27. The highest BCUT2D eigenvalue weighted by Crippen LogP contribution is 2.27. The summed E-state index contributed by atoms with van der Waals surface area (Å²) in [5.74, 6) is -1.23. The van der Waals surface area contributed by atoms with Crippen LogP contribution in [-0.2, 0) is 29.0 Å². The number of benzene rings is 1. The predicted octanol–water partition coefficient (Wildman–Crippen LogP) is 2.13. The summed E-state index contributed by atoms with van der Waals surface area (Å²) in [6, 6.07) is 8.61. The lowest BCUT2D eigenvalue weighted by Gasteiger charge is -2.25. The quantitative estimate of drug-likeness (QED) is 0.531. The summed E-state index contributed by atoms with van der Waals surface area (Å²) in [6.45, 7) is 1.05. The number of para-hydroxylation sites is 1. The molecule has 0 radical (unpaired) electrons. The number of carboxylic acids is 1. The summed E-state index contributed by atoms with van der Waals surface area (Å²) in [5.41, 5.74) is 7.88. The van der Waals surface area contributed by atoms with Crippen molar-refractivity contribution in [3.05, 3.63) is 51.6 Å². The molecule has 2 aromatic heterocycles. The van der Waals surface area contributed by atoms with Crippen LogP contribution in [0.2, 0.25) is 0 Å². The number of hydrogen-bond acceptors (Lipinski definition) is 6. The second kappa shape index (κ2) is 8.37. The topological polar surface area (TPSA) is 129 Å². The van der Waals surface area contributed by atoms with E-state index in [9.17, 15) is 14.4 Å². The standard InChI is InChI=1S/C21H22N4O4S/c22-14(21(28)29)6-5-13(26)10-19-24-16-7-8-25(11-18(16)30-19)20(27)17-9-12-3-1-2-4-15(12)23-17/h1-4,9,14,23H,5-8,10-11,22H2,(H,28,29)/t14-/m0/s1. The number of nitrogens with two attached hydrogens (primary N) is 1. The van der Waals surface area contributed by atoms with E-state index in [0.29, 0.717) is 30.2 Å². The summed E-state index contributed by atoms with van der Waals surface area (Å²) in [5, 5.41) is 10.5. The van der Waals surface area contributed by atoms with Crippen molar-refractivity contribution in [2.75, 3.05) is 6.54 Å². The van der Waals surface area contributed by atoms with Crippen LogP contribution in [-0.4, -0.2) is 50.2 Å². The van der Waals surface area contributed by atoms with E-state index < -0.39 is 12.0 Å². The largest absolute Gasteiger partial charge is 0.480 e. The number of carbonyl (C=O) groups excluding carboxylic acids is 2. The van der Waals surface area contributed by atoms with Crippen molar-refractivity contribution >= 4 is 39.9 Å². The van der Waals surface area contributed by atoms with Crippen LogP contribution in [0.25, 0.3) is 10.9 Å². The van der Waals surface area contributed by atoms with Crippen LogP contribution in [0.1, 0.15) is 38.9 Å². The molecule has 1 amide bonds. The highest BCUT2D eigenvalue weighted by atomic mass is 32.1. The Bertz CT molecular complexity index is 1090. The molecule has 0 bridgehead atoms. The first-order valence-corrected chi connectivity index (χ1v) is 10.6. The Labute approximate surface area is 176 Å². The number of hydrogen-bond donors (Lipinski definition) is 3. The lowest BCUT2D eigenvalue weighted by molar-refractivity contribution is -0.138. The van der Waals surface area contributed by atoms with Gasteiger partial charge in [-0.05, 0) is 18.6 Å². The second-order valence-corrected chi connectivity index (χ2v) is 8.59. The van der Waals surface area contributed by atoms with Gasteiger partial charge in [-0.3, -0.25) is 14.4 Å². The minimum Gasteiger partial charge on any atom is -0.480 e. The number of rotatable bonds is 7. The molecular formula is C21H22N4O4S. The number of carbonyl (C=O) groups is 3. The van der Waals surface area contributed by atoms with Gasteiger partial charge in [-0.1, -0.05) is 18.2 Å². The minimum absolute atomic E-state index is 0.0504. The molecule has 1 aliphatic rings. The first kappa shape index (κ1) is 20.2. The van der Waals surface area contributed by atoms with E-state index in [-0.39, 0.29) is 31.0 Å². The lowest BCUT2D eigenvalue weighted by Crippen LogP contribution is -2.35. The van der Waals surface area contributed by atoms with Crippen LogP contribution >= 0.6 is 11.3 Å². The van der Waals surface area contributed by atoms with Crippen molar-refractivity contribution in [1.29, 1.82) is 0 Å². The smallest absolute Gasteiger partial charge is 0.320 e. The van der Waals surface area contributed by atoms with E-state index in [1.54, 1.807) is 4.90 Å². The van der Waals surface area contributed by atoms with Gasteiger partial charge in [-0.25, -0.2) is 4.98 Å². The van der Waals surface area contributed by atoms with Crippen molar-refractivity contribution in [1.82, 2.24) is 14.9 Å². The molecule has 30 heavy (non-hydrogen) atoms. The molecule has 3 aromatic rings. The number of nitrogens with zero attached hydrogens (tertiary/aromatic N) is 2. The second-order valence-electron chi connectivity index (χ2n) is 7.42. The van der Waals surface area contributed by atoms with Gasteiger partial charge in [0.25, 0.3) is 5.91 Å². The Kier molecular flexibility index (Phi) is 5.65. The zero-order valence-corrected chi connectivity index (χ0v) is 17.1. The van der Waals surface area contributed by atoms with Gasteiger partial charge < -0.3 is 20.7 Å². The van der Waals surface area contributed by atoms with E-state index in [4.69, 9.17) is 10.8 Å². The molecule has 1 aliphatic heterocycles. The van der Waals surface area contributed by atoms with Crippen LogP contribution in [0.4, 0.5) is 0 Å². The third-order valence-corrected chi connectivity index (χ3v) is 6.31. The fourth-order valence-corrected chi connectivity index (χ4v) is 4.71. The summed E-state index contributed by atoms with van der Waals surface area (Å²) in [4.78, 5) is 46.4. The molecule has 0 saturated heterocycles. The van der Waals surface area contributed by atoms with Crippen molar-refractivity contribution in [2.24, 2.45) is 5.73 Å². The molecule has 0 spiro atoms. The van der Waals surface area contributed by atoms with Gasteiger partial charge in [0, 0.05) is 35.2 Å². The number of aromatic amines is 1. The fraction of sp³-hybridized carbons (Fsp3) is 0.333. The van der Waals surface area contributed by atoms with E-state index in [1.807, 2.05) is 30.3 Å². The van der Waals surface area contributed by atoms with Crippen molar-refractivity contribution in [3.8, 4) is 0 Å². The summed E-state index contributed by atoms with van der Waals surface area (Å²) < 4.78 is 0. The average molecular weight is 426 g/mol. The fourth-order valence-electron chi connectivity index (χ4n) is 3.55. The van der Waals surface area contributed by atoms with Crippen molar-refractivity contribution in [2.45, 2.75) is 38.3 Å². The van der Waals surface area contributed by atoms with Gasteiger partial charge in [-0.15, -0.1) is 11.3 Å². The van der Waals surface area contributed by atoms with Gasteiger partial charge in [0.15, 0.2) is 0 Å². The van der Waals surface area contributed by atoms with Crippen LogP contribution in [0.5, 0.6) is 0 Å². The monoisotopic (exact) mass is 426 g/mol. The summed E-state index contributed by atoms with van der Waals surface area (Å²) in [6.07, 6.45) is 1.05. The number of carboxylic acid groups (broad SMARTS) is 1. The van der Waals surface area contributed by atoms with Gasteiger partial charge >= 0.3 is 5.97 Å². The number of fused-ring (bicyclic) bond motifs is 2. The van der Waals surface area contributed by atoms with Crippen molar-refractivity contribution < 1.29 is 19.5 Å². The van der Waals surface area contributed by atoms with E-state index in [1.165, 1.54) is 11.3 Å². The van der Waals surface area contributed by atoms with Crippen LogP contribution in [0.15, 0.2) is 30.3 Å². The molecule has 0 aliphatic carbocycles. The molecule has 0 unspecified atom stereocenters. The molecule has 9 heteroatoms. The Hall–Kier alpha value is -3.04. The van der Waals surface area contributed by atoms with Crippen LogP contribution < -0.4 is 5.73 Å². The van der Waals surface area contributed by atoms with Gasteiger partial charge in [0.05, 0.1) is 18.7 Å². The van der Waals surface area contributed by atoms with Crippen molar-refractivity contribution in [3.63, 3.8) is 0 Å². The number of amides is 1. The highest BCUT2D eigenvalue weighted by molar-refractivity contribution is 7.11. The molecule has 4 rings (SSSR count). The molecule has 1 atom stereocenters. The maximum Gasteiger partial charge on any atom is 0.320 e. The normalized spacial score (nSPS) is 14.5. The number of nitrogens with one attached hydrogen (secondary N) is 1. The average Bonchev–Trinajstić information content (AvgIpc) is 3.33. The maximum atomic E-state index is 12.9. The number of thiazole rings is 1. The van der Waals surface area contributed by atoms with E-state index in [0.717, 1.165) is 21.5 Å². The number of ketones is 1. The highest BCUT2D eigenvalue weighted by Gasteiger charge is 2.26. The number of aliphatic carboxylic acids is 1. The van der Waals surface area contributed by atoms with Crippen LogP contribution in [0, 0.1) is 0 Å². The molecule has 0 fully saturated rings. The van der Waals surface area contributed by atoms with Gasteiger partial charge in [0.1, 0.15) is 22.5 Å². The number of Topliss-reactive ketones (excluding diaryl/α,β-unsaturated/α-hetero) is 1. The molecule has 4 N–H and O–H groups in total. The summed E-state index contributed by atoms with van der Waals surface area (Å²) in [7, 11) is 0. The minimum atomic E-state index is -1.10. The Morgan fingerprint density at radius 1 is 1.30 bits per heavy atom. The first-order valence-electron chi connectivity index (χ1n) is 9.75. The maximum absolute atomic E-state index is 12.9. The molecule has 156 valence electrons. The van der Waals surface area contributed by atoms with E-state index >= 15 is 0 Å². The van der Waals surface area contributed by atoms with Gasteiger partial charge in [0.2, 0.25) is 0 Å². The molecule has 3 heterocycles. The number of H-pyrrole nitrogens is 1. The SMILES string of the molecule is N[C@@H](CCC(=O)Cc1nc2c(s1)CN(C(=O)c1cc3ccccc3[nH]1)CC2)C(=O)O.